The molecule has 1 aliphatic heterocycles. The molecule has 3 rings (SSSR count). The largest absolute Gasteiger partial charge is 0.384 e. The van der Waals surface area contributed by atoms with Gasteiger partial charge in [-0.25, -0.2) is 0 Å². The quantitative estimate of drug-likeness (QED) is 0.850. The van der Waals surface area contributed by atoms with Crippen LogP contribution in [-0.2, 0) is 16.1 Å². The van der Waals surface area contributed by atoms with Gasteiger partial charge in [-0.1, -0.05) is 18.2 Å². The van der Waals surface area contributed by atoms with Gasteiger partial charge >= 0.3 is 0 Å². The number of H-pyrrole nitrogens is 1. The lowest BCUT2D eigenvalue weighted by molar-refractivity contribution is 0.0106. The van der Waals surface area contributed by atoms with Gasteiger partial charge in [0.25, 0.3) is 5.56 Å². The summed E-state index contributed by atoms with van der Waals surface area (Å²) < 4.78 is 11.2. The molecule has 2 heterocycles. The van der Waals surface area contributed by atoms with Crippen molar-refractivity contribution in [2.75, 3.05) is 18.9 Å². The van der Waals surface area contributed by atoms with Crippen molar-refractivity contribution in [3.63, 3.8) is 0 Å². The number of nitriles is 2. The molecule has 1 atom stereocenters. The fourth-order valence-electron chi connectivity index (χ4n) is 3.03. The van der Waals surface area contributed by atoms with Crippen LogP contribution >= 0.6 is 0 Å². The Kier molecular flexibility index (Phi) is 5.33. The van der Waals surface area contributed by atoms with Crippen LogP contribution in [-0.4, -0.2) is 24.3 Å². The summed E-state index contributed by atoms with van der Waals surface area (Å²) in [4.78, 5) is 14.4. The number of nitrogens with one attached hydrogen (secondary N) is 1. The second-order valence-corrected chi connectivity index (χ2v) is 6.07. The number of nitrogen functional groups attached to an aromatic ring is 1. The van der Waals surface area contributed by atoms with E-state index >= 15 is 0 Å². The predicted octanol–water partition coefficient (Wildman–Crippen LogP) is 2.06. The summed E-state index contributed by atoms with van der Waals surface area (Å²) >= 11 is 0. The van der Waals surface area contributed by atoms with E-state index in [4.69, 9.17) is 15.2 Å². The molecule has 0 bridgehead atoms. The standard InChI is InChI=1S/C19H18N4O3/c20-8-15-17(16(9-21)19(24)23-18(15)22)13-4-1-3-12(7-13)10-25-11-14-5-2-6-26-14/h1,3-4,7,14H,2,5-6,10-11H2,(H3,22,23,24). The van der Waals surface area contributed by atoms with Gasteiger partial charge in [0.05, 0.1) is 19.3 Å². The Morgan fingerprint density at radius 3 is 2.81 bits per heavy atom. The average molecular weight is 350 g/mol. The number of anilines is 1. The Balaban J connectivity index is 1.89. The summed E-state index contributed by atoms with van der Waals surface area (Å²) in [6, 6.07) is 11.0. The molecule has 3 N–H and O–H groups in total. The lowest BCUT2D eigenvalue weighted by Crippen LogP contribution is -2.16. The topological polar surface area (TPSA) is 125 Å². The Morgan fingerprint density at radius 1 is 1.31 bits per heavy atom. The summed E-state index contributed by atoms with van der Waals surface area (Å²) in [6.45, 7) is 1.67. The van der Waals surface area contributed by atoms with Crippen LogP contribution in [0.15, 0.2) is 29.1 Å². The number of aromatic amines is 1. The molecule has 7 nitrogen and oxygen atoms in total. The van der Waals surface area contributed by atoms with Gasteiger partial charge in [-0.2, -0.15) is 10.5 Å². The molecule has 26 heavy (non-hydrogen) atoms. The number of nitrogens with zero attached hydrogens (tertiary/aromatic N) is 2. The van der Waals surface area contributed by atoms with Crippen molar-refractivity contribution >= 4 is 5.82 Å². The van der Waals surface area contributed by atoms with Crippen molar-refractivity contribution < 1.29 is 9.47 Å². The Morgan fingerprint density at radius 2 is 2.12 bits per heavy atom. The van der Waals surface area contributed by atoms with Crippen LogP contribution in [0.4, 0.5) is 5.82 Å². The van der Waals surface area contributed by atoms with Crippen LogP contribution < -0.4 is 11.3 Å². The average Bonchev–Trinajstić information content (AvgIpc) is 3.15. The maximum Gasteiger partial charge on any atom is 0.268 e. The number of hydrogen-bond donors (Lipinski definition) is 2. The maximum atomic E-state index is 12.0. The Labute approximate surface area is 150 Å². The number of hydrogen-bond acceptors (Lipinski definition) is 6. The summed E-state index contributed by atoms with van der Waals surface area (Å²) in [7, 11) is 0. The fourth-order valence-corrected chi connectivity index (χ4v) is 3.03. The predicted molar refractivity (Wildman–Crippen MR) is 95.0 cm³/mol. The van der Waals surface area contributed by atoms with Crippen LogP contribution in [0.1, 0.15) is 29.5 Å². The molecule has 0 amide bonds. The summed E-state index contributed by atoms with van der Waals surface area (Å²) in [5, 5.41) is 18.7. The third kappa shape index (κ3) is 3.60. The summed E-state index contributed by atoms with van der Waals surface area (Å²) in [6.07, 6.45) is 2.20. The number of rotatable bonds is 5. The van der Waals surface area contributed by atoms with Crippen LogP contribution in [0, 0.1) is 22.7 Å². The van der Waals surface area contributed by atoms with Gasteiger partial charge in [0.1, 0.15) is 29.1 Å². The second-order valence-electron chi connectivity index (χ2n) is 6.07. The van der Waals surface area contributed by atoms with Crippen molar-refractivity contribution in [3.05, 3.63) is 51.3 Å². The molecular formula is C19H18N4O3. The first-order valence-corrected chi connectivity index (χ1v) is 8.28. The van der Waals surface area contributed by atoms with Crippen LogP contribution in [0.2, 0.25) is 0 Å². The summed E-state index contributed by atoms with van der Waals surface area (Å²) in [5.41, 5.74) is 6.79. The van der Waals surface area contributed by atoms with E-state index in [9.17, 15) is 15.3 Å². The number of nitrogens with two attached hydrogens (primary N) is 1. The highest BCUT2D eigenvalue weighted by molar-refractivity contribution is 5.80. The van der Waals surface area contributed by atoms with Gasteiger partial charge in [0.15, 0.2) is 0 Å². The zero-order valence-electron chi connectivity index (χ0n) is 14.1. The minimum Gasteiger partial charge on any atom is -0.384 e. The molecular weight excluding hydrogens is 332 g/mol. The van der Waals surface area contributed by atoms with Gasteiger partial charge in [-0.15, -0.1) is 0 Å². The Hall–Kier alpha value is -3.13. The van der Waals surface area contributed by atoms with Gasteiger partial charge in [0.2, 0.25) is 0 Å². The van der Waals surface area contributed by atoms with E-state index < -0.39 is 5.56 Å². The SMILES string of the molecule is N#Cc1c(N)[nH]c(=O)c(C#N)c1-c1cccc(COCC2CCCO2)c1. The highest BCUT2D eigenvalue weighted by Crippen LogP contribution is 2.28. The molecule has 0 spiro atoms. The highest BCUT2D eigenvalue weighted by atomic mass is 16.5. The van der Waals surface area contributed by atoms with Crippen molar-refractivity contribution in [1.82, 2.24) is 4.98 Å². The third-order valence-electron chi connectivity index (χ3n) is 4.28. The van der Waals surface area contributed by atoms with Gasteiger partial charge in [0, 0.05) is 12.2 Å². The molecule has 1 aliphatic rings. The number of pyridine rings is 1. The molecule has 2 aromatic rings. The first kappa shape index (κ1) is 17.7. The molecule has 1 saturated heterocycles. The molecule has 7 heteroatoms. The smallest absolute Gasteiger partial charge is 0.268 e. The van der Waals surface area contributed by atoms with E-state index in [0.29, 0.717) is 18.8 Å². The van der Waals surface area contributed by atoms with E-state index in [0.717, 1.165) is 25.0 Å². The van der Waals surface area contributed by atoms with E-state index in [1.807, 2.05) is 18.2 Å². The summed E-state index contributed by atoms with van der Waals surface area (Å²) in [5.74, 6) is -0.0495. The van der Waals surface area contributed by atoms with E-state index in [1.54, 1.807) is 18.2 Å². The normalized spacial score (nSPS) is 16.2. The minimum atomic E-state index is -0.612. The maximum absolute atomic E-state index is 12.0. The third-order valence-corrected chi connectivity index (χ3v) is 4.28. The lowest BCUT2D eigenvalue weighted by Gasteiger charge is -2.12. The zero-order valence-corrected chi connectivity index (χ0v) is 14.1. The van der Waals surface area contributed by atoms with Crippen molar-refractivity contribution in [2.24, 2.45) is 0 Å². The highest BCUT2D eigenvalue weighted by Gasteiger charge is 2.19. The number of aromatic nitrogens is 1. The van der Waals surface area contributed by atoms with E-state index in [2.05, 4.69) is 4.98 Å². The molecule has 0 radical (unpaired) electrons. The number of benzene rings is 1. The second kappa shape index (κ2) is 7.83. The molecule has 1 aromatic carbocycles. The van der Waals surface area contributed by atoms with Crippen LogP contribution in [0.25, 0.3) is 11.1 Å². The minimum absolute atomic E-state index is 0.0495. The first-order valence-electron chi connectivity index (χ1n) is 8.28. The van der Waals surface area contributed by atoms with Crippen molar-refractivity contribution in [2.45, 2.75) is 25.6 Å². The monoisotopic (exact) mass is 350 g/mol. The molecule has 1 fully saturated rings. The van der Waals surface area contributed by atoms with Crippen molar-refractivity contribution in [3.8, 4) is 23.3 Å². The van der Waals surface area contributed by atoms with Crippen molar-refractivity contribution in [1.29, 1.82) is 10.5 Å². The van der Waals surface area contributed by atoms with E-state index in [-0.39, 0.29) is 28.6 Å². The lowest BCUT2D eigenvalue weighted by atomic mass is 9.95. The van der Waals surface area contributed by atoms with Crippen LogP contribution in [0.3, 0.4) is 0 Å². The Bertz CT molecular complexity index is 947. The van der Waals surface area contributed by atoms with Gasteiger partial charge in [-0.05, 0) is 30.0 Å². The molecule has 1 aromatic heterocycles. The number of ether oxygens (including phenoxy) is 2. The molecule has 0 saturated carbocycles. The fraction of sp³-hybridized carbons (Fsp3) is 0.316. The van der Waals surface area contributed by atoms with Gasteiger partial charge in [-0.3, -0.25) is 4.79 Å². The molecule has 132 valence electrons. The molecule has 1 unspecified atom stereocenters. The van der Waals surface area contributed by atoms with Crippen LogP contribution in [0.5, 0.6) is 0 Å². The first-order chi connectivity index (χ1) is 12.6. The van der Waals surface area contributed by atoms with Gasteiger partial charge < -0.3 is 20.2 Å². The molecule has 0 aliphatic carbocycles. The van der Waals surface area contributed by atoms with E-state index in [1.165, 1.54) is 0 Å². The zero-order chi connectivity index (χ0) is 18.5.